The van der Waals surface area contributed by atoms with Crippen LogP contribution in [0.4, 0.5) is 0 Å². The van der Waals surface area contributed by atoms with E-state index in [1.54, 1.807) is 11.0 Å². The SMILES string of the molecule is COc1cc2ncn(CC(=O)N[C@H](C(=O)N3CCOCC3)C(C)C)c(=O)c2cc1OC. The van der Waals surface area contributed by atoms with Gasteiger partial charge in [-0.1, -0.05) is 13.8 Å². The molecule has 0 spiro atoms. The summed E-state index contributed by atoms with van der Waals surface area (Å²) in [7, 11) is 2.97. The van der Waals surface area contributed by atoms with Gasteiger partial charge in [-0.2, -0.15) is 0 Å². The molecule has 2 aromatic rings. The zero-order valence-corrected chi connectivity index (χ0v) is 18.2. The highest BCUT2D eigenvalue weighted by Gasteiger charge is 2.29. The Bertz CT molecular complexity index is 1010. The molecule has 1 aliphatic rings. The predicted octanol–water partition coefficient (Wildman–Crippen LogP) is 0.413. The second-order valence-electron chi connectivity index (χ2n) is 7.63. The number of rotatable bonds is 7. The standard InChI is InChI=1S/C21H28N4O6/c1-13(2)19(21(28)24-5-7-31-8-6-24)23-18(26)11-25-12-22-15-10-17(30-4)16(29-3)9-14(15)20(25)27/h9-10,12-13,19H,5-8,11H2,1-4H3,(H,23,26)/t19-/m0/s1. The minimum atomic E-state index is -0.681. The summed E-state index contributed by atoms with van der Waals surface area (Å²) < 4.78 is 17.0. The van der Waals surface area contributed by atoms with Crippen molar-refractivity contribution in [2.45, 2.75) is 26.4 Å². The van der Waals surface area contributed by atoms with Gasteiger partial charge in [0.2, 0.25) is 11.8 Å². The molecule has 0 unspecified atom stereocenters. The van der Waals surface area contributed by atoms with E-state index >= 15 is 0 Å². The second kappa shape index (κ2) is 9.78. The Kier molecular flexibility index (Phi) is 7.11. The molecule has 10 nitrogen and oxygen atoms in total. The van der Waals surface area contributed by atoms with Gasteiger partial charge in [0.1, 0.15) is 12.6 Å². The van der Waals surface area contributed by atoms with Gasteiger partial charge in [0, 0.05) is 19.2 Å². The van der Waals surface area contributed by atoms with Crippen LogP contribution in [0, 0.1) is 5.92 Å². The Hall–Kier alpha value is -3.14. The third-order valence-corrected chi connectivity index (χ3v) is 5.22. The molecular formula is C21H28N4O6. The van der Waals surface area contributed by atoms with Crippen molar-refractivity contribution >= 4 is 22.7 Å². The summed E-state index contributed by atoms with van der Waals surface area (Å²) in [5, 5.41) is 3.08. The van der Waals surface area contributed by atoms with Gasteiger partial charge in [-0.25, -0.2) is 4.98 Å². The maximum atomic E-state index is 12.9. The summed E-state index contributed by atoms with van der Waals surface area (Å²) in [6.07, 6.45) is 1.31. The molecule has 1 atom stereocenters. The third-order valence-electron chi connectivity index (χ3n) is 5.22. The summed E-state index contributed by atoms with van der Waals surface area (Å²) in [6, 6.07) is 2.46. The van der Waals surface area contributed by atoms with Crippen molar-refractivity contribution in [3.05, 3.63) is 28.8 Å². The molecular weight excluding hydrogens is 404 g/mol. The lowest BCUT2D eigenvalue weighted by atomic mass is 10.0. The molecule has 1 saturated heterocycles. The lowest BCUT2D eigenvalue weighted by Gasteiger charge is -2.32. The molecule has 1 aliphatic heterocycles. The molecule has 1 aromatic heterocycles. The number of carbonyl (C=O) groups excluding carboxylic acids is 2. The number of methoxy groups -OCH3 is 2. The fourth-order valence-corrected chi connectivity index (χ4v) is 3.47. The van der Waals surface area contributed by atoms with Crippen LogP contribution in [0.2, 0.25) is 0 Å². The molecule has 0 bridgehead atoms. The minimum absolute atomic E-state index is 0.109. The molecule has 10 heteroatoms. The van der Waals surface area contributed by atoms with Crippen LogP contribution in [0.3, 0.4) is 0 Å². The van der Waals surface area contributed by atoms with Crippen molar-refractivity contribution < 1.29 is 23.8 Å². The van der Waals surface area contributed by atoms with Crippen LogP contribution in [-0.4, -0.2) is 72.8 Å². The molecule has 1 N–H and O–H groups in total. The first-order valence-corrected chi connectivity index (χ1v) is 10.1. The maximum Gasteiger partial charge on any atom is 0.261 e. The van der Waals surface area contributed by atoms with Gasteiger partial charge in [-0.3, -0.25) is 19.0 Å². The van der Waals surface area contributed by atoms with E-state index in [9.17, 15) is 14.4 Å². The van der Waals surface area contributed by atoms with Gasteiger partial charge < -0.3 is 24.4 Å². The van der Waals surface area contributed by atoms with Crippen molar-refractivity contribution in [3.8, 4) is 11.5 Å². The number of carbonyl (C=O) groups is 2. The van der Waals surface area contributed by atoms with E-state index in [1.165, 1.54) is 31.2 Å². The first-order chi connectivity index (χ1) is 14.8. The molecule has 0 radical (unpaired) electrons. The monoisotopic (exact) mass is 432 g/mol. The first-order valence-electron chi connectivity index (χ1n) is 10.1. The molecule has 2 amide bonds. The Morgan fingerprint density at radius 3 is 2.42 bits per heavy atom. The quantitative estimate of drug-likeness (QED) is 0.675. The number of aromatic nitrogens is 2. The Labute approximate surface area is 180 Å². The second-order valence-corrected chi connectivity index (χ2v) is 7.63. The number of benzene rings is 1. The molecule has 0 aliphatic carbocycles. The topological polar surface area (TPSA) is 112 Å². The number of morpholine rings is 1. The van der Waals surface area contributed by atoms with Crippen LogP contribution in [-0.2, 0) is 20.9 Å². The van der Waals surface area contributed by atoms with Crippen LogP contribution >= 0.6 is 0 Å². The highest BCUT2D eigenvalue weighted by atomic mass is 16.5. The molecule has 31 heavy (non-hydrogen) atoms. The molecule has 2 heterocycles. The fourth-order valence-electron chi connectivity index (χ4n) is 3.47. The highest BCUT2D eigenvalue weighted by Crippen LogP contribution is 2.29. The lowest BCUT2D eigenvalue weighted by molar-refractivity contribution is -0.141. The fraction of sp³-hybridized carbons (Fsp3) is 0.524. The van der Waals surface area contributed by atoms with E-state index in [2.05, 4.69) is 10.3 Å². The summed E-state index contributed by atoms with van der Waals surface area (Å²) in [5.74, 6) is 0.157. The van der Waals surface area contributed by atoms with Gasteiger partial charge in [0.05, 0.1) is 44.7 Å². The molecule has 3 rings (SSSR count). The molecule has 1 fully saturated rings. The van der Waals surface area contributed by atoms with E-state index in [0.717, 1.165) is 0 Å². The number of amides is 2. The number of hydrogen-bond donors (Lipinski definition) is 1. The molecule has 0 saturated carbocycles. The summed E-state index contributed by atoms with van der Waals surface area (Å²) in [4.78, 5) is 44.4. The average Bonchev–Trinajstić information content (AvgIpc) is 2.78. The van der Waals surface area contributed by atoms with Crippen LogP contribution in [0.5, 0.6) is 11.5 Å². The van der Waals surface area contributed by atoms with E-state index in [4.69, 9.17) is 14.2 Å². The van der Waals surface area contributed by atoms with E-state index in [0.29, 0.717) is 48.7 Å². The van der Waals surface area contributed by atoms with Crippen molar-refractivity contribution in [2.24, 2.45) is 5.92 Å². The van der Waals surface area contributed by atoms with Gasteiger partial charge in [-0.15, -0.1) is 0 Å². The number of nitrogens with zero attached hydrogens (tertiary/aromatic N) is 3. The minimum Gasteiger partial charge on any atom is -0.493 e. The molecule has 168 valence electrons. The highest BCUT2D eigenvalue weighted by molar-refractivity contribution is 5.88. The van der Waals surface area contributed by atoms with Crippen molar-refractivity contribution in [3.63, 3.8) is 0 Å². The first kappa shape index (κ1) is 22.5. The van der Waals surface area contributed by atoms with Gasteiger partial charge in [0.25, 0.3) is 5.56 Å². The average molecular weight is 432 g/mol. The number of hydrogen-bond acceptors (Lipinski definition) is 7. The van der Waals surface area contributed by atoms with Gasteiger partial charge in [-0.05, 0) is 12.0 Å². The van der Waals surface area contributed by atoms with Crippen molar-refractivity contribution in [1.82, 2.24) is 19.8 Å². The lowest BCUT2D eigenvalue weighted by Crippen LogP contribution is -2.54. The summed E-state index contributed by atoms with van der Waals surface area (Å²) in [6.45, 7) is 5.44. The van der Waals surface area contributed by atoms with Crippen LogP contribution in [0.25, 0.3) is 10.9 Å². The Balaban J connectivity index is 1.79. The van der Waals surface area contributed by atoms with Crippen molar-refractivity contribution in [2.75, 3.05) is 40.5 Å². The summed E-state index contributed by atoms with van der Waals surface area (Å²) >= 11 is 0. The number of nitrogens with one attached hydrogen (secondary N) is 1. The zero-order valence-electron chi connectivity index (χ0n) is 18.2. The van der Waals surface area contributed by atoms with Crippen LogP contribution in [0.15, 0.2) is 23.3 Å². The number of ether oxygens (including phenoxy) is 3. The Morgan fingerprint density at radius 2 is 1.81 bits per heavy atom. The Morgan fingerprint density at radius 1 is 1.16 bits per heavy atom. The normalized spacial score (nSPS) is 15.1. The number of fused-ring (bicyclic) bond motifs is 1. The predicted molar refractivity (Wildman–Crippen MR) is 113 cm³/mol. The smallest absolute Gasteiger partial charge is 0.261 e. The van der Waals surface area contributed by atoms with Crippen LogP contribution in [0.1, 0.15) is 13.8 Å². The summed E-state index contributed by atoms with van der Waals surface area (Å²) in [5.41, 5.74) is 0.0450. The largest absolute Gasteiger partial charge is 0.493 e. The van der Waals surface area contributed by atoms with Gasteiger partial charge >= 0.3 is 0 Å². The third kappa shape index (κ3) is 4.96. The van der Waals surface area contributed by atoms with E-state index in [-0.39, 0.29) is 23.9 Å². The maximum absolute atomic E-state index is 12.9. The zero-order chi connectivity index (χ0) is 22.5. The van der Waals surface area contributed by atoms with Crippen molar-refractivity contribution in [1.29, 1.82) is 0 Å². The van der Waals surface area contributed by atoms with Crippen LogP contribution < -0.4 is 20.3 Å². The van der Waals surface area contributed by atoms with E-state index in [1.807, 2.05) is 13.8 Å². The van der Waals surface area contributed by atoms with Gasteiger partial charge in [0.15, 0.2) is 11.5 Å². The van der Waals surface area contributed by atoms with E-state index < -0.39 is 11.9 Å². The molecule has 1 aromatic carbocycles.